The summed E-state index contributed by atoms with van der Waals surface area (Å²) in [4.78, 5) is 0. The molecule has 1 unspecified atom stereocenters. The molecular formula is C32H43NP2. The van der Waals surface area contributed by atoms with Crippen molar-refractivity contribution in [3.8, 4) is 0 Å². The monoisotopic (exact) mass is 503 g/mol. The van der Waals surface area contributed by atoms with E-state index >= 15 is 0 Å². The third kappa shape index (κ3) is 5.44. The summed E-state index contributed by atoms with van der Waals surface area (Å²) >= 11 is 0. The first kappa shape index (κ1) is 26.5. The molecule has 0 aliphatic carbocycles. The maximum atomic E-state index is 5.36. The quantitative estimate of drug-likeness (QED) is 0.186. The van der Waals surface area contributed by atoms with Gasteiger partial charge in [-0.3, -0.25) is 0 Å². The van der Waals surface area contributed by atoms with E-state index in [-0.39, 0.29) is 0 Å². The van der Waals surface area contributed by atoms with Crippen LogP contribution in [0, 0.1) is 13.3 Å². The van der Waals surface area contributed by atoms with Gasteiger partial charge in [-0.2, -0.15) is 13.3 Å². The average molecular weight is 504 g/mol. The molecule has 3 atom stereocenters. The Kier molecular flexibility index (Phi) is 9.21. The van der Waals surface area contributed by atoms with Crippen LogP contribution in [0.3, 0.4) is 0 Å². The zero-order valence-corrected chi connectivity index (χ0v) is 23.5. The van der Waals surface area contributed by atoms with Crippen LogP contribution in [0.15, 0.2) is 91.0 Å². The highest BCUT2D eigenvalue weighted by molar-refractivity contribution is 7.93. The van der Waals surface area contributed by atoms with Gasteiger partial charge in [-0.1, -0.05) is 106 Å². The molecule has 1 nitrogen and oxygen atoms in total. The molecule has 0 radical (unpaired) electrons. The maximum absolute atomic E-state index is 5.36. The molecule has 0 bridgehead atoms. The highest BCUT2D eigenvalue weighted by Gasteiger charge is 2.59. The van der Waals surface area contributed by atoms with Crippen LogP contribution in [0.4, 0.5) is 0 Å². The summed E-state index contributed by atoms with van der Waals surface area (Å²) in [6.45, 7) is 16.3. The van der Waals surface area contributed by atoms with Crippen molar-refractivity contribution in [3.05, 3.63) is 115 Å². The number of unbranched alkanes of at least 4 members (excludes halogenated alkanes) is 2. The molecular weight excluding hydrogens is 460 g/mol. The first-order valence-electron chi connectivity index (χ1n) is 13.4. The van der Waals surface area contributed by atoms with Crippen molar-refractivity contribution in [2.45, 2.75) is 63.7 Å². The van der Waals surface area contributed by atoms with E-state index in [1.165, 1.54) is 61.1 Å². The van der Waals surface area contributed by atoms with Crippen molar-refractivity contribution >= 4 is 20.1 Å². The van der Waals surface area contributed by atoms with Crippen LogP contribution < -0.4 is 5.30 Å². The van der Waals surface area contributed by atoms with Crippen LogP contribution in [0.1, 0.15) is 74.8 Å². The first-order valence-corrected chi connectivity index (χ1v) is 17.6. The van der Waals surface area contributed by atoms with Gasteiger partial charge in [0.05, 0.1) is 29.3 Å². The number of nitrogens with zero attached hydrogens (tertiary/aromatic N) is 1. The van der Waals surface area contributed by atoms with E-state index in [0.717, 1.165) is 6.54 Å². The fourth-order valence-corrected chi connectivity index (χ4v) is 16.9. The van der Waals surface area contributed by atoms with Gasteiger partial charge < -0.3 is 0 Å². The smallest absolute Gasteiger partial charge is 0.0876 e. The van der Waals surface area contributed by atoms with Crippen molar-refractivity contribution in [1.82, 2.24) is 4.44 Å². The lowest BCUT2D eigenvalue weighted by Crippen LogP contribution is -2.33. The predicted molar refractivity (Wildman–Crippen MR) is 160 cm³/mol. The van der Waals surface area contributed by atoms with Gasteiger partial charge in [0.15, 0.2) is 0 Å². The number of hydrogen-bond acceptors (Lipinski definition) is 1. The van der Waals surface area contributed by atoms with Crippen molar-refractivity contribution in [1.29, 1.82) is 0 Å². The maximum Gasteiger partial charge on any atom is 0.0876 e. The topological polar surface area (TPSA) is 3.24 Å². The van der Waals surface area contributed by atoms with Gasteiger partial charge in [-0.05, 0) is 48.9 Å². The van der Waals surface area contributed by atoms with E-state index < -0.39 is 14.8 Å². The van der Waals surface area contributed by atoms with E-state index in [1.54, 1.807) is 0 Å². The van der Waals surface area contributed by atoms with Gasteiger partial charge in [-0.25, -0.2) is 0 Å². The van der Waals surface area contributed by atoms with Crippen molar-refractivity contribution in [3.63, 3.8) is 0 Å². The van der Waals surface area contributed by atoms with Crippen molar-refractivity contribution < 1.29 is 0 Å². The van der Waals surface area contributed by atoms with Gasteiger partial charge >= 0.3 is 0 Å². The minimum absolute atomic E-state index is 0.497. The molecule has 1 fully saturated rings. The molecule has 0 N–H and O–H groups in total. The van der Waals surface area contributed by atoms with Crippen LogP contribution in [-0.2, 0) is 0 Å². The normalized spacial score (nSPS) is 21.2. The molecule has 0 aromatic heterocycles. The largest absolute Gasteiger partial charge is 0.158 e. The Labute approximate surface area is 216 Å². The summed E-state index contributed by atoms with van der Waals surface area (Å²) in [6.07, 6.45) is 8.44. The summed E-state index contributed by atoms with van der Waals surface area (Å²) in [5.41, 5.74) is 3.95. The molecule has 4 rings (SSSR count). The SMILES string of the molecule is [CH2-][P+](CCCC)(c1ccccc1)N(CCCC)[P+]1([CH2-])[C@H](c2ccccc2)CC[C@H]1c1ccccc1. The van der Waals surface area contributed by atoms with Gasteiger partial charge in [0.2, 0.25) is 0 Å². The molecule has 3 aromatic carbocycles. The average Bonchev–Trinajstić information content (AvgIpc) is 3.26. The third-order valence-corrected chi connectivity index (χ3v) is 17.6. The first-order chi connectivity index (χ1) is 17.1. The number of hydrogen-bond donors (Lipinski definition) is 0. The van der Waals surface area contributed by atoms with Crippen LogP contribution in [0.25, 0.3) is 0 Å². The zero-order valence-electron chi connectivity index (χ0n) is 21.7. The highest BCUT2D eigenvalue weighted by atomic mass is 31.2. The Hall–Kier alpha value is -1.52. The summed E-state index contributed by atoms with van der Waals surface area (Å²) in [7, 11) is -3.72. The third-order valence-electron chi connectivity index (χ3n) is 7.86. The summed E-state index contributed by atoms with van der Waals surface area (Å²) in [5.74, 6) is 0. The van der Waals surface area contributed by atoms with Gasteiger partial charge in [0, 0.05) is 14.8 Å². The Balaban J connectivity index is 1.91. The molecule has 1 saturated heterocycles. The van der Waals surface area contributed by atoms with E-state index in [9.17, 15) is 0 Å². The lowest BCUT2D eigenvalue weighted by Gasteiger charge is -2.51. The van der Waals surface area contributed by atoms with Gasteiger partial charge in [0.1, 0.15) is 0 Å². The van der Waals surface area contributed by atoms with E-state index in [2.05, 4.69) is 109 Å². The minimum Gasteiger partial charge on any atom is -0.158 e. The van der Waals surface area contributed by atoms with Crippen molar-refractivity contribution in [2.24, 2.45) is 0 Å². The van der Waals surface area contributed by atoms with Crippen LogP contribution in [0.2, 0.25) is 0 Å². The highest BCUT2D eigenvalue weighted by Crippen LogP contribution is 2.91. The minimum atomic E-state index is -1.88. The number of benzene rings is 3. The van der Waals surface area contributed by atoms with Gasteiger partial charge in [-0.15, -0.1) is 4.44 Å². The Bertz CT molecular complexity index is 976. The summed E-state index contributed by atoms with van der Waals surface area (Å²) < 4.78 is 2.98. The molecule has 0 saturated carbocycles. The van der Waals surface area contributed by atoms with Gasteiger partial charge in [0.25, 0.3) is 0 Å². The lowest BCUT2D eigenvalue weighted by molar-refractivity contribution is 0.613. The fourth-order valence-electron chi connectivity index (χ4n) is 6.00. The van der Waals surface area contributed by atoms with Crippen LogP contribution in [0.5, 0.6) is 0 Å². The zero-order chi connectivity index (χ0) is 24.7. The molecule has 1 aliphatic rings. The lowest BCUT2D eigenvalue weighted by atomic mass is 10.0. The van der Waals surface area contributed by atoms with Crippen LogP contribution >= 0.6 is 14.8 Å². The van der Waals surface area contributed by atoms with E-state index in [0.29, 0.717) is 11.3 Å². The molecule has 1 heterocycles. The van der Waals surface area contributed by atoms with Crippen LogP contribution in [-0.4, -0.2) is 17.1 Å². The molecule has 186 valence electrons. The molecule has 1 aliphatic heterocycles. The summed E-state index contributed by atoms with van der Waals surface area (Å²) in [6, 6.07) is 33.9. The Morgan fingerprint density at radius 2 is 1.20 bits per heavy atom. The second kappa shape index (κ2) is 12.1. The molecule has 0 spiro atoms. The standard InChI is InChI=1S/C32H43NP2/c1-5-7-26-33(34(3,27-8-6-2)30-22-16-11-17-23-30)35(4)31(28-18-12-9-13-19-28)24-25-32(35)29-20-14-10-15-21-29/h9-23,31-32H,3-8,24-27H2,1-2H3/t31-,32-,34?/m0/s1. The molecule has 0 amide bonds. The van der Waals surface area contributed by atoms with E-state index in [1.807, 2.05) is 0 Å². The van der Waals surface area contributed by atoms with Crippen molar-refractivity contribution in [2.75, 3.05) is 12.7 Å². The molecule has 3 aromatic rings. The van der Waals surface area contributed by atoms with E-state index in [4.69, 9.17) is 13.3 Å². The summed E-state index contributed by atoms with van der Waals surface area (Å²) in [5, 5.41) is 1.46. The second-order valence-electron chi connectivity index (χ2n) is 10.1. The number of rotatable bonds is 11. The molecule has 35 heavy (non-hydrogen) atoms. The fraction of sp³-hybridized carbons (Fsp3) is 0.375. The Morgan fingerprint density at radius 1 is 0.743 bits per heavy atom. The Morgan fingerprint density at radius 3 is 1.66 bits per heavy atom. The predicted octanol–water partition coefficient (Wildman–Crippen LogP) is 9.94. The molecule has 3 heteroatoms. The second-order valence-corrected chi connectivity index (χ2v) is 17.2.